The van der Waals surface area contributed by atoms with Gasteiger partial charge in [0.2, 0.25) is 0 Å². The van der Waals surface area contributed by atoms with Crippen LogP contribution in [0.2, 0.25) is 0 Å². The lowest BCUT2D eigenvalue weighted by Crippen LogP contribution is -2.28. The number of pyridine rings is 1. The molecule has 1 aliphatic carbocycles. The van der Waals surface area contributed by atoms with Gasteiger partial charge in [0.05, 0.1) is 16.8 Å². The van der Waals surface area contributed by atoms with Crippen LogP contribution < -0.4 is 0 Å². The van der Waals surface area contributed by atoms with Gasteiger partial charge in [-0.15, -0.1) is 0 Å². The van der Waals surface area contributed by atoms with E-state index < -0.39 is 5.41 Å². The van der Waals surface area contributed by atoms with Crippen molar-refractivity contribution < 1.29 is 0 Å². The van der Waals surface area contributed by atoms with Crippen LogP contribution in [-0.4, -0.2) is 15.0 Å². The van der Waals surface area contributed by atoms with Gasteiger partial charge in [0.1, 0.15) is 0 Å². The maximum atomic E-state index is 5.10. The minimum atomic E-state index is -0.503. The van der Waals surface area contributed by atoms with Gasteiger partial charge in [0.25, 0.3) is 0 Å². The minimum absolute atomic E-state index is 0.503. The summed E-state index contributed by atoms with van der Waals surface area (Å²) in [7, 11) is 0. The largest absolute Gasteiger partial charge is 0.264 e. The molecule has 1 atom stereocenters. The van der Waals surface area contributed by atoms with E-state index in [4.69, 9.17) is 9.97 Å². The van der Waals surface area contributed by atoms with Gasteiger partial charge in [0, 0.05) is 29.1 Å². The second-order valence-electron chi connectivity index (χ2n) is 12.4. The molecule has 6 aromatic carbocycles. The number of nitrogens with zero attached hydrogens (tertiary/aromatic N) is 3. The normalized spacial score (nSPS) is 14.6. The van der Waals surface area contributed by atoms with E-state index in [1.165, 1.54) is 27.8 Å². The van der Waals surface area contributed by atoms with Crippen molar-refractivity contribution in [1.29, 1.82) is 0 Å². The summed E-state index contributed by atoms with van der Waals surface area (Å²) in [5.74, 6) is 0.710. The Hall–Kier alpha value is -6.45. The fourth-order valence-corrected chi connectivity index (χ4v) is 7.45. The lowest BCUT2D eigenvalue weighted by atomic mass is 9.68. The van der Waals surface area contributed by atoms with Gasteiger partial charge in [-0.1, -0.05) is 152 Å². The summed E-state index contributed by atoms with van der Waals surface area (Å²) < 4.78 is 0. The average molecular weight is 626 g/mol. The molecule has 0 aliphatic heterocycles. The number of aromatic nitrogens is 3. The Morgan fingerprint density at radius 3 is 1.71 bits per heavy atom. The van der Waals surface area contributed by atoms with Crippen LogP contribution in [0.25, 0.3) is 56.2 Å². The summed E-state index contributed by atoms with van der Waals surface area (Å²) in [6, 6.07) is 62.2. The zero-order valence-electron chi connectivity index (χ0n) is 26.7. The summed E-state index contributed by atoms with van der Waals surface area (Å²) in [6.45, 7) is 0. The van der Waals surface area contributed by atoms with Crippen LogP contribution in [0.1, 0.15) is 22.3 Å². The molecule has 49 heavy (non-hydrogen) atoms. The third-order valence-corrected chi connectivity index (χ3v) is 9.67. The highest BCUT2D eigenvalue weighted by molar-refractivity contribution is 5.88. The van der Waals surface area contributed by atoms with E-state index in [0.29, 0.717) is 5.82 Å². The quantitative estimate of drug-likeness (QED) is 0.185. The molecule has 0 amide bonds. The Balaban J connectivity index is 1.22. The van der Waals surface area contributed by atoms with Crippen LogP contribution >= 0.6 is 0 Å². The molecule has 0 fully saturated rings. The molecule has 9 rings (SSSR count). The molecule has 1 aliphatic rings. The van der Waals surface area contributed by atoms with E-state index in [1.54, 1.807) is 0 Å². The summed E-state index contributed by atoms with van der Waals surface area (Å²) in [6.07, 6.45) is 3.88. The molecule has 0 spiro atoms. The van der Waals surface area contributed by atoms with Crippen molar-refractivity contribution in [2.45, 2.75) is 5.41 Å². The molecule has 3 heteroatoms. The summed E-state index contributed by atoms with van der Waals surface area (Å²) >= 11 is 0. The van der Waals surface area contributed by atoms with Crippen molar-refractivity contribution in [1.82, 2.24) is 15.0 Å². The molecule has 8 aromatic rings. The molecule has 2 aromatic heterocycles. The standard InChI is InChI=1S/C46H31N3/c1-4-14-32(15-5-1)43-30-44(49-45(48-43)33-16-6-2-7-17-33)36-19-12-18-34(28-36)35-25-26-40-39-23-10-11-24-41(39)46(42(40)29-35,37-20-8-3-9-21-37)38-22-13-27-47-31-38/h1-31H. The molecule has 0 bridgehead atoms. The zero-order chi connectivity index (χ0) is 32.6. The Morgan fingerprint density at radius 1 is 0.367 bits per heavy atom. The van der Waals surface area contributed by atoms with Gasteiger partial charge in [-0.3, -0.25) is 4.98 Å². The van der Waals surface area contributed by atoms with Gasteiger partial charge in [-0.25, -0.2) is 9.97 Å². The number of benzene rings is 6. The molecule has 0 N–H and O–H groups in total. The third kappa shape index (κ3) is 4.87. The van der Waals surface area contributed by atoms with Gasteiger partial charge in [-0.2, -0.15) is 0 Å². The fourth-order valence-electron chi connectivity index (χ4n) is 7.45. The van der Waals surface area contributed by atoms with Gasteiger partial charge in [-0.05, 0) is 68.8 Å². The van der Waals surface area contributed by atoms with Crippen LogP contribution in [0, 0.1) is 0 Å². The zero-order valence-corrected chi connectivity index (χ0v) is 26.7. The maximum Gasteiger partial charge on any atom is 0.160 e. The van der Waals surface area contributed by atoms with Crippen molar-refractivity contribution in [3.05, 3.63) is 211 Å². The van der Waals surface area contributed by atoms with Crippen molar-refractivity contribution in [2.24, 2.45) is 0 Å². The van der Waals surface area contributed by atoms with Crippen LogP contribution in [-0.2, 0) is 5.41 Å². The number of rotatable bonds is 6. The molecular weight excluding hydrogens is 595 g/mol. The van der Waals surface area contributed by atoms with Gasteiger partial charge >= 0.3 is 0 Å². The van der Waals surface area contributed by atoms with Crippen LogP contribution in [0.3, 0.4) is 0 Å². The highest BCUT2D eigenvalue weighted by atomic mass is 14.9. The van der Waals surface area contributed by atoms with E-state index in [1.807, 2.05) is 54.9 Å². The third-order valence-electron chi connectivity index (χ3n) is 9.67. The highest BCUT2D eigenvalue weighted by Crippen LogP contribution is 2.56. The molecule has 3 nitrogen and oxygen atoms in total. The Kier molecular flexibility index (Phi) is 7.02. The molecule has 0 saturated carbocycles. The van der Waals surface area contributed by atoms with Crippen LogP contribution in [0.15, 0.2) is 188 Å². The van der Waals surface area contributed by atoms with Gasteiger partial charge < -0.3 is 0 Å². The predicted molar refractivity (Wildman–Crippen MR) is 199 cm³/mol. The molecule has 1 unspecified atom stereocenters. The van der Waals surface area contributed by atoms with Crippen molar-refractivity contribution in [2.75, 3.05) is 0 Å². The highest BCUT2D eigenvalue weighted by Gasteiger charge is 2.46. The average Bonchev–Trinajstić information content (AvgIpc) is 3.49. The van der Waals surface area contributed by atoms with E-state index in [-0.39, 0.29) is 0 Å². The number of fused-ring (bicyclic) bond motifs is 3. The first-order chi connectivity index (χ1) is 24.3. The topological polar surface area (TPSA) is 38.7 Å². The first kappa shape index (κ1) is 28.7. The monoisotopic (exact) mass is 625 g/mol. The molecule has 230 valence electrons. The fraction of sp³-hybridized carbons (Fsp3) is 0.0217. The first-order valence-electron chi connectivity index (χ1n) is 16.6. The van der Waals surface area contributed by atoms with Crippen molar-refractivity contribution in [3.8, 4) is 56.2 Å². The first-order valence-corrected chi connectivity index (χ1v) is 16.6. The second-order valence-corrected chi connectivity index (χ2v) is 12.4. The predicted octanol–water partition coefficient (Wildman–Crippen LogP) is 10.9. The molecule has 2 heterocycles. The Morgan fingerprint density at radius 2 is 0.959 bits per heavy atom. The smallest absolute Gasteiger partial charge is 0.160 e. The lowest BCUT2D eigenvalue weighted by Gasteiger charge is -2.33. The van der Waals surface area contributed by atoms with E-state index in [2.05, 4.69) is 138 Å². The molecular formula is C46H31N3. The van der Waals surface area contributed by atoms with E-state index in [0.717, 1.165) is 44.8 Å². The maximum absolute atomic E-state index is 5.10. The molecule has 0 saturated heterocycles. The number of hydrogen-bond donors (Lipinski definition) is 0. The summed E-state index contributed by atoms with van der Waals surface area (Å²) in [5, 5.41) is 0. The van der Waals surface area contributed by atoms with E-state index >= 15 is 0 Å². The Labute approximate surface area is 286 Å². The summed E-state index contributed by atoms with van der Waals surface area (Å²) in [5.41, 5.74) is 14.1. The second kappa shape index (κ2) is 12.0. The van der Waals surface area contributed by atoms with E-state index in [9.17, 15) is 0 Å². The Bertz CT molecular complexity index is 2320. The molecule has 0 radical (unpaired) electrons. The number of hydrogen-bond acceptors (Lipinski definition) is 3. The SMILES string of the molecule is c1ccc(-c2cc(-c3cccc(-c4ccc5c(c4)C(c4ccccc4)(c4cccnc4)c4ccccc4-5)c3)nc(-c3ccccc3)n2)cc1. The van der Waals surface area contributed by atoms with Crippen molar-refractivity contribution >= 4 is 0 Å². The summed E-state index contributed by atoms with van der Waals surface area (Å²) in [4.78, 5) is 14.7. The van der Waals surface area contributed by atoms with Crippen LogP contribution in [0.4, 0.5) is 0 Å². The van der Waals surface area contributed by atoms with Crippen LogP contribution in [0.5, 0.6) is 0 Å². The lowest BCUT2D eigenvalue weighted by molar-refractivity contribution is 0.763. The van der Waals surface area contributed by atoms with Gasteiger partial charge in [0.15, 0.2) is 5.82 Å². The minimum Gasteiger partial charge on any atom is -0.264 e. The van der Waals surface area contributed by atoms with Crippen molar-refractivity contribution in [3.63, 3.8) is 0 Å².